The van der Waals surface area contributed by atoms with Crippen molar-refractivity contribution < 1.29 is 9.53 Å². The van der Waals surface area contributed by atoms with E-state index in [-0.39, 0.29) is 6.61 Å². The van der Waals surface area contributed by atoms with Gasteiger partial charge in [-0.25, -0.2) is 15.0 Å². The van der Waals surface area contributed by atoms with E-state index in [4.69, 9.17) is 4.74 Å². The number of pyridine rings is 1. The van der Waals surface area contributed by atoms with Crippen molar-refractivity contribution in [1.82, 2.24) is 15.0 Å². The number of carbonyl (C=O) groups is 1. The molecule has 0 bridgehead atoms. The zero-order valence-electron chi connectivity index (χ0n) is 9.33. The van der Waals surface area contributed by atoms with Gasteiger partial charge in [0.15, 0.2) is 12.1 Å². The van der Waals surface area contributed by atoms with E-state index in [9.17, 15) is 4.79 Å². The Morgan fingerprint density at radius 1 is 1.29 bits per heavy atom. The lowest BCUT2D eigenvalue weighted by molar-refractivity contribution is 0.111. The number of ether oxygens (including phenoxy) is 1. The number of aldehydes is 1. The molecule has 0 atom stereocenters. The van der Waals surface area contributed by atoms with Crippen LogP contribution in [0.2, 0.25) is 0 Å². The number of aromatic nitrogens is 3. The molecular weight excluding hydrogens is 218 g/mol. The molecule has 0 unspecified atom stereocenters. The summed E-state index contributed by atoms with van der Waals surface area (Å²) in [6.45, 7) is 2.03. The molecule has 0 amide bonds. The number of aryl methyl sites for hydroxylation is 1. The van der Waals surface area contributed by atoms with Gasteiger partial charge in [-0.05, 0) is 25.1 Å². The molecule has 2 heterocycles. The fourth-order valence-corrected chi connectivity index (χ4v) is 1.32. The van der Waals surface area contributed by atoms with Crippen LogP contribution in [-0.4, -0.2) is 21.2 Å². The van der Waals surface area contributed by atoms with Gasteiger partial charge in [0.2, 0.25) is 0 Å². The minimum atomic E-state index is 0.215. The summed E-state index contributed by atoms with van der Waals surface area (Å²) in [6.07, 6.45) is 3.95. The Morgan fingerprint density at radius 3 is 2.76 bits per heavy atom. The first-order valence-corrected chi connectivity index (χ1v) is 5.11. The van der Waals surface area contributed by atoms with Gasteiger partial charge in [0, 0.05) is 18.1 Å². The van der Waals surface area contributed by atoms with Crippen LogP contribution in [0.25, 0.3) is 0 Å². The molecule has 0 aliphatic heterocycles. The maximum Gasteiger partial charge on any atom is 0.172 e. The quantitative estimate of drug-likeness (QED) is 0.744. The van der Waals surface area contributed by atoms with Gasteiger partial charge in [0.05, 0.1) is 0 Å². The van der Waals surface area contributed by atoms with E-state index in [1.807, 2.05) is 6.92 Å². The Kier molecular flexibility index (Phi) is 3.40. The highest BCUT2D eigenvalue weighted by Crippen LogP contribution is 2.15. The highest BCUT2D eigenvalue weighted by molar-refractivity contribution is 5.76. The van der Waals surface area contributed by atoms with E-state index in [0.29, 0.717) is 23.6 Å². The van der Waals surface area contributed by atoms with Crippen LogP contribution in [0.3, 0.4) is 0 Å². The standard InChI is InChI=1S/C12H11N3O2/c1-9-3-4-11(10(7-16)15-9)17-8-12-13-5-2-6-14-12/h2-7H,8H2,1H3. The first kappa shape index (κ1) is 11.2. The van der Waals surface area contributed by atoms with Gasteiger partial charge in [-0.15, -0.1) is 0 Å². The normalized spacial score (nSPS) is 9.94. The van der Waals surface area contributed by atoms with Crippen molar-refractivity contribution in [1.29, 1.82) is 0 Å². The first-order valence-electron chi connectivity index (χ1n) is 5.11. The smallest absolute Gasteiger partial charge is 0.172 e. The van der Waals surface area contributed by atoms with E-state index in [1.165, 1.54) is 0 Å². The second-order valence-corrected chi connectivity index (χ2v) is 3.41. The van der Waals surface area contributed by atoms with Gasteiger partial charge in [-0.2, -0.15) is 0 Å². The summed E-state index contributed by atoms with van der Waals surface area (Å²) in [6, 6.07) is 5.23. The van der Waals surface area contributed by atoms with Crippen molar-refractivity contribution in [3.05, 3.63) is 47.8 Å². The summed E-state index contributed by atoms with van der Waals surface area (Å²) >= 11 is 0. The van der Waals surface area contributed by atoms with Crippen LogP contribution in [0.1, 0.15) is 22.0 Å². The summed E-state index contributed by atoms with van der Waals surface area (Å²) in [4.78, 5) is 22.9. The van der Waals surface area contributed by atoms with Gasteiger partial charge >= 0.3 is 0 Å². The molecule has 0 saturated carbocycles. The van der Waals surface area contributed by atoms with Gasteiger partial charge in [0.1, 0.15) is 18.1 Å². The largest absolute Gasteiger partial charge is 0.483 e. The molecular formula is C12H11N3O2. The Bertz CT molecular complexity index is 514. The Balaban J connectivity index is 2.11. The first-order chi connectivity index (χ1) is 8.29. The molecule has 17 heavy (non-hydrogen) atoms. The SMILES string of the molecule is Cc1ccc(OCc2ncccn2)c(C=O)n1. The summed E-state index contributed by atoms with van der Waals surface area (Å²) in [5.41, 5.74) is 1.07. The predicted molar refractivity (Wildman–Crippen MR) is 60.7 cm³/mol. The highest BCUT2D eigenvalue weighted by atomic mass is 16.5. The molecule has 2 aromatic rings. The van der Waals surface area contributed by atoms with Crippen molar-refractivity contribution in [3.8, 4) is 5.75 Å². The zero-order chi connectivity index (χ0) is 12.1. The maximum absolute atomic E-state index is 10.8. The summed E-state index contributed by atoms with van der Waals surface area (Å²) in [5, 5.41) is 0. The van der Waals surface area contributed by atoms with Crippen LogP contribution in [0.4, 0.5) is 0 Å². The molecule has 0 N–H and O–H groups in total. The number of nitrogens with zero attached hydrogens (tertiary/aromatic N) is 3. The Hall–Kier alpha value is -2.30. The minimum Gasteiger partial charge on any atom is -0.483 e. The second-order valence-electron chi connectivity index (χ2n) is 3.41. The van der Waals surface area contributed by atoms with Crippen molar-refractivity contribution in [2.75, 3.05) is 0 Å². The molecule has 2 rings (SSSR count). The lowest BCUT2D eigenvalue weighted by Gasteiger charge is -2.07. The molecule has 5 heteroatoms. The summed E-state index contributed by atoms with van der Waals surface area (Å²) < 4.78 is 5.45. The van der Waals surface area contributed by atoms with Crippen LogP contribution >= 0.6 is 0 Å². The average molecular weight is 229 g/mol. The zero-order valence-corrected chi connectivity index (χ0v) is 9.33. The lowest BCUT2D eigenvalue weighted by atomic mass is 10.3. The Morgan fingerprint density at radius 2 is 2.06 bits per heavy atom. The topological polar surface area (TPSA) is 65.0 Å². The van der Waals surface area contributed by atoms with Crippen LogP contribution < -0.4 is 4.74 Å². The van der Waals surface area contributed by atoms with Gasteiger partial charge in [0.25, 0.3) is 0 Å². The molecule has 0 aliphatic rings. The molecule has 0 aliphatic carbocycles. The number of hydrogen-bond acceptors (Lipinski definition) is 5. The fourth-order valence-electron chi connectivity index (χ4n) is 1.32. The third-order valence-corrected chi connectivity index (χ3v) is 2.11. The van der Waals surface area contributed by atoms with Crippen LogP contribution in [0.5, 0.6) is 5.75 Å². The van der Waals surface area contributed by atoms with Gasteiger partial charge in [-0.1, -0.05) is 0 Å². The van der Waals surface area contributed by atoms with Crippen molar-refractivity contribution in [2.45, 2.75) is 13.5 Å². The van der Waals surface area contributed by atoms with Crippen LogP contribution in [0.15, 0.2) is 30.6 Å². The molecule has 0 radical (unpaired) electrons. The molecule has 5 nitrogen and oxygen atoms in total. The molecule has 0 fully saturated rings. The van der Waals surface area contributed by atoms with E-state index >= 15 is 0 Å². The second kappa shape index (κ2) is 5.16. The number of rotatable bonds is 4. The van der Waals surface area contributed by atoms with E-state index in [2.05, 4.69) is 15.0 Å². The van der Waals surface area contributed by atoms with Gasteiger partial charge in [-0.3, -0.25) is 4.79 Å². The summed E-state index contributed by atoms with van der Waals surface area (Å²) in [5.74, 6) is 1.00. The molecule has 0 saturated heterocycles. The molecule has 0 aromatic carbocycles. The monoisotopic (exact) mass is 229 g/mol. The minimum absolute atomic E-state index is 0.215. The van der Waals surface area contributed by atoms with E-state index < -0.39 is 0 Å². The highest BCUT2D eigenvalue weighted by Gasteiger charge is 2.05. The molecule has 2 aromatic heterocycles. The van der Waals surface area contributed by atoms with Crippen LogP contribution in [0, 0.1) is 6.92 Å². The third kappa shape index (κ3) is 2.84. The van der Waals surface area contributed by atoms with Crippen LogP contribution in [-0.2, 0) is 6.61 Å². The molecule has 0 spiro atoms. The third-order valence-electron chi connectivity index (χ3n) is 2.11. The Labute approximate surface area is 98.5 Å². The van der Waals surface area contributed by atoms with Crippen molar-refractivity contribution >= 4 is 6.29 Å². The number of carbonyl (C=O) groups excluding carboxylic acids is 1. The fraction of sp³-hybridized carbons (Fsp3) is 0.167. The van der Waals surface area contributed by atoms with Gasteiger partial charge < -0.3 is 4.74 Å². The maximum atomic E-state index is 10.8. The molecule has 86 valence electrons. The van der Waals surface area contributed by atoms with Crippen molar-refractivity contribution in [3.63, 3.8) is 0 Å². The number of hydrogen-bond donors (Lipinski definition) is 0. The van der Waals surface area contributed by atoms with Crippen molar-refractivity contribution in [2.24, 2.45) is 0 Å². The predicted octanol–water partition coefficient (Wildman–Crippen LogP) is 1.57. The summed E-state index contributed by atoms with van der Waals surface area (Å²) in [7, 11) is 0. The van der Waals surface area contributed by atoms with E-state index in [1.54, 1.807) is 30.6 Å². The average Bonchev–Trinajstić information content (AvgIpc) is 2.38. The lowest BCUT2D eigenvalue weighted by Crippen LogP contribution is -2.03. The van der Waals surface area contributed by atoms with E-state index in [0.717, 1.165) is 5.69 Å².